The number of anilines is 1. The van der Waals surface area contributed by atoms with Gasteiger partial charge in [-0.3, -0.25) is 4.68 Å². The molecule has 0 spiro atoms. The topological polar surface area (TPSA) is 43.8 Å². The van der Waals surface area contributed by atoms with Gasteiger partial charge in [0, 0.05) is 12.6 Å². The number of hydrogen-bond donors (Lipinski definition) is 1. The lowest BCUT2D eigenvalue weighted by atomic mass is 10.0. The van der Waals surface area contributed by atoms with Crippen molar-refractivity contribution in [2.45, 2.75) is 0 Å². The molecule has 19 heavy (non-hydrogen) atoms. The first-order chi connectivity index (χ1) is 9.18. The lowest BCUT2D eigenvalue weighted by Gasteiger charge is -2.04. The molecule has 2 aromatic heterocycles. The standard InChI is InChI=1S/C14H12FN3S/c1-18-14(16)12(9-5-2-3-6-10(9)15)13(17-18)11-7-4-8-19-11/h2-8H,16H2,1H3. The van der Waals surface area contributed by atoms with Crippen molar-refractivity contribution in [1.29, 1.82) is 0 Å². The van der Waals surface area contributed by atoms with Crippen LogP contribution in [0.2, 0.25) is 0 Å². The van der Waals surface area contributed by atoms with Crippen molar-refractivity contribution in [2.75, 3.05) is 5.73 Å². The molecule has 96 valence electrons. The molecule has 5 heteroatoms. The van der Waals surface area contributed by atoms with Gasteiger partial charge in [-0.15, -0.1) is 11.3 Å². The van der Waals surface area contributed by atoms with Crippen LogP contribution in [0.15, 0.2) is 41.8 Å². The highest BCUT2D eigenvalue weighted by atomic mass is 32.1. The van der Waals surface area contributed by atoms with E-state index in [1.807, 2.05) is 17.5 Å². The summed E-state index contributed by atoms with van der Waals surface area (Å²) >= 11 is 1.56. The summed E-state index contributed by atoms with van der Waals surface area (Å²) in [5, 5.41) is 6.37. The summed E-state index contributed by atoms with van der Waals surface area (Å²) in [6, 6.07) is 10.5. The van der Waals surface area contributed by atoms with E-state index in [4.69, 9.17) is 5.73 Å². The summed E-state index contributed by atoms with van der Waals surface area (Å²) in [4.78, 5) is 0.977. The molecule has 0 bridgehead atoms. The maximum atomic E-state index is 14.0. The molecule has 0 unspecified atom stereocenters. The molecule has 0 aliphatic carbocycles. The second-order valence-electron chi connectivity index (χ2n) is 4.19. The fourth-order valence-electron chi connectivity index (χ4n) is 2.05. The van der Waals surface area contributed by atoms with Gasteiger partial charge in [-0.25, -0.2) is 4.39 Å². The molecule has 0 atom stereocenters. The molecule has 2 N–H and O–H groups in total. The molecule has 3 rings (SSSR count). The SMILES string of the molecule is Cn1nc(-c2cccs2)c(-c2ccccc2F)c1N. The number of rotatable bonds is 2. The van der Waals surface area contributed by atoms with Crippen LogP contribution < -0.4 is 5.73 Å². The predicted molar refractivity (Wildman–Crippen MR) is 76.3 cm³/mol. The second kappa shape index (κ2) is 4.51. The zero-order chi connectivity index (χ0) is 13.4. The van der Waals surface area contributed by atoms with Gasteiger partial charge >= 0.3 is 0 Å². The van der Waals surface area contributed by atoms with Crippen LogP contribution in [0.25, 0.3) is 21.7 Å². The number of nitrogen functional groups attached to an aromatic ring is 1. The highest BCUT2D eigenvalue weighted by Gasteiger charge is 2.20. The molecular weight excluding hydrogens is 261 g/mol. The number of benzene rings is 1. The maximum absolute atomic E-state index is 14.0. The molecule has 3 nitrogen and oxygen atoms in total. The van der Waals surface area contributed by atoms with E-state index in [0.717, 1.165) is 10.6 Å². The lowest BCUT2D eigenvalue weighted by Crippen LogP contribution is -1.98. The summed E-state index contributed by atoms with van der Waals surface area (Å²) in [6.45, 7) is 0. The van der Waals surface area contributed by atoms with Gasteiger partial charge in [0.15, 0.2) is 0 Å². The highest BCUT2D eigenvalue weighted by molar-refractivity contribution is 7.13. The normalized spacial score (nSPS) is 10.8. The summed E-state index contributed by atoms with van der Waals surface area (Å²) in [7, 11) is 1.76. The van der Waals surface area contributed by atoms with Gasteiger partial charge < -0.3 is 5.73 Å². The molecule has 2 heterocycles. The first-order valence-electron chi connectivity index (χ1n) is 5.79. The average Bonchev–Trinajstić information content (AvgIpc) is 3.01. The van der Waals surface area contributed by atoms with Gasteiger partial charge in [0.1, 0.15) is 17.3 Å². The van der Waals surface area contributed by atoms with Crippen molar-refractivity contribution in [3.05, 3.63) is 47.6 Å². The number of thiophene rings is 1. The van der Waals surface area contributed by atoms with E-state index < -0.39 is 0 Å². The van der Waals surface area contributed by atoms with E-state index in [1.165, 1.54) is 6.07 Å². The maximum Gasteiger partial charge on any atom is 0.131 e. The number of aromatic nitrogens is 2. The number of nitrogens with two attached hydrogens (primary N) is 1. The Balaban J connectivity index is 2.29. The van der Waals surface area contributed by atoms with Crippen molar-refractivity contribution in [3.63, 3.8) is 0 Å². The molecule has 0 amide bonds. The number of halogens is 1. The average molecular weight is 273 g/mol. The zero-order valence-corrected chi connectivity index (χ0v) is 11.1. The van der Waals surface area contributed by atoms with E-state index in [1.54, 1.807) is 41.3 Å². The third kappa shape index (κ3) is 1.92. The third-order valence-electron chi connectivity index (χ3n) is 2.99. The Kier molecular flexibility index (Phi) is 2.83. The fraction of sp³-hybridized carbons (Fsp3) is 0.0714. The zero-order valence-electron chi connectivity index (χ0n) is 10.3. The van der Waals surface area contributed by atoms with Gasteiger partial charge in [0.25, 0.3) is 0 Å². The van der Waals surface area contributed by atoms with Crippen LogP contribution in [-0.4, -0.2) is 9.78 Å². The van der Waals surface area contributed by atoms with E-state index in [2.05, 4.69) is 5.10 Å². The summed E-state index contributed by atoms with van der Waals surface area (Å²) in [6.07, 6.45) is 0. The molecule has 0 saturated carbocycles. The molecule has 0 aliphatic heterocycles. The van der Waals surface area contributed by atoms with Crippen molar-refractivity contribution in [3.8, 4) is 21.7 Å². The van der Waals surface area contributed by atoms with E-state index >= 15 is 0 Å². The van der Waals surface area contributed by atoms with E-state index in [0.29, 0.717) is 16.9 Å². The minimum absolute atomic E-state index is 0.292. The summed E-state index contributed by atoms with van der Waals surface area (Å²) < 4.78 is 15.6. The monoisotopic (exact) mass is 273 g/mol. The Labute approximate surface area is 114 Å². The van der Waals surface area contributed by atoms with E-state index in [-0.39, 0.29) is 5.82 Å². The summed E-state index contributed by atoms with van der Waals surface area (Å²) in [5.41, 5.74) is 7.91. The van der Waals surface area contributed by atoms with Crippen LogP contribution >= 0.6 is 11.3 Å². The third-order valence-corrected chi connectivity index (χ3v) is 3.87. The quantitative estimate of drug-likeness (QED) is 0.776. The van der Waals surface area contributed by atoms with Crippen LogP contribution in [0.4, 0.5) is 10.2 Å². The van der Waals surface area contributed by atoms with Gasteiger partial charge in [0.05, 0.1) is 10.4 Å². The van der Waals surface area contributed by atoms with Crippen LogP contribution in [0.1, 0.15) is 0 Å². The Hall–Kier alpha value is -2.14. The highest BCUT2D eigenvalue weighted by Crippen LogP contribution is 2.38. The molecule has 3 aromatic rings. The molecule has 0 radical (unpaired) electrons. The van der Waals surface area contributed by atoms with Crippen LogP contribution in [0, 0.1) is 5.82 Å². The summed E-state index contributed by atoms with van der Waals surface area (Å²) in [5.74, 6) is 0.175. The molecular formula is C14H12FN3S. The number of hydrogen-bond acceptors (Lipinski definition) is 3. The van der Waals surface area contributed by atoms with Crippen molar-refractivity contribution in [2.24, 2.45) is 7.05 Å². The van der Waals surface area contributed by atoms with Crippen LogP contribution in [0.5, 0.6) is 0 Å². The molecule has 0 aliphatic rings. The Bertz CT molecular complexity index is 716. The first kappa shape index (κ1) is 11.9. The molecule has 0 saturated heterocycles. The predicted octanol–water partition coefficient (Wildman–Crippen LogP) is 3.54. The van der Waals surface area contributed by atoms with Crippen molar-refractivity contribution >= 4 is 17.2 Å². The van der Waals surface area contributed by atoms with Crippen LogP contribution in [0.3, 0.4) is 0 Å². The lowest BCUT2D eigenvalue weighted by molar-refractivity contribution is 0.631. The van der Waals surface area contributed by atoms with Gasteiger partial charge in [-0.2, -0.15) is 5.10 Å². The molecule has 0 fully saturated rings. The van der Waals surface area contributed by atoms with Crippen molar-refractivity contribution in [1.82, 2.24) is 9.78 Å². The Morgan fingerprint density at radius 2 is 2.00 bits per heavy atom. The largest absolute Gasteiger partial charge is 0.383 e. The number of aryl methyl sites for hydroxylation is 1. The smallest absolute Gasteiger partial charge is 0.131 e. The first-order valence-corrected chi connectivity index (χ1v) is 6.67. The van der Waals surface area contributed by atoms with Gasteiger partial charge in [-0.1, -0.05) is 24.3 Å². The molecule has 1 aromatic carbocycles. The van der Waals surface area contributed by atoms with Gasteiger partial charge in [0.2, 0.25) is 0 Å². The minimum Gasteiger partial charge on any atom is -0.383 e. The van der Waals surface area contributed by atoms with Crippen LogP contribution in [-0.2, 0) is 7.05 Å². The minimum atomic E-state index is -0.292. The Morgan fingerprint density at radius 1 is 1.21 bits per heavy atom. The van der Waals surface area contributed by atoms with E-state index in [9.17, 15) is 4.39 Å². The van der Waals surface area contributed by atoms with Gasteiger partial charge in [-0.05, 0) is 17.5 Å². The Morgan fingerprint density at radius 3 is 2.68 bits per heavy atom. The number of nitrogens with zero attached hydrogens (tertiary/aromatic N) is 2. The van der Waals surface area contributed by atoms with Crippen molar-refractivity contribution < 1.29 is 4.39 Å². The fourth-order valence-corrected chi connectivity index (χ4v) is 2.77. The second-order valence-corrected chi connectivity index (χ2v) is 5.14.